The number of amides is 1. The quantitative estimate of drug-likeness (QED) is 0.638. The highest BCUT2D eigenvalue weighted by atomic mass is 35.5. The van der Waals surface area contributed by atoms with Crippen molar-refractivity contribution in [3.05, 3.63) is 68.7 Å². The molecule has 2 aromatic carbocycles. The van der Waals surface area contributed by atoms with Crippen molar-refractivity contribution in [1.82, 2.24) is 5.32 Å². The number of nitrogens with zero attached hydrogens (tertiary/aromatic N) is 1. The summed E-state index contributed by atoms with van der Waals surface area (Å²) in [5.74, 6) is -0.0785. The third-order valence-electron chi connectivity index (χ3n) is 3.39. The van der Waals surface area contributed by atoms with E-state index in [1.807, 2.05) is 31.2 Å². The van der Waals surface area contributed by atoms with E-state index in [0.29, 0.717) is 6.54 Å². The Morgan fingerprint density at radius 1 is 1.29 bits per heavy atom. The van der Waals surface area contributed by atoms with Crippen molar-refractivity contribution in [1.29, 1.82) is 0 Å². The van der Waals surface area contributed by atoms with Gasteiger partial charge in [-0.25, -0.2) is 0 Å². The summed E-state index contributed by atoms with van der Waals surface area (Å²) >= 11 is 5.95. The third kappa shape index (κ3) is 4.70. The van der Waals surface area contributed by atoms with Crippen molar-refractivity contribution < 1.29 is 14.5 Å². The molecule has 0 spiro atoms. The van der Waals surface area contributed by atoms with Gasteiger partial charge in [0.05, 0.1) is 9.95 Å². The standard InChI is InChI=1S/C17H17ClN2O4/c1-11-3-5-13(6-4-11)10-19-17(21)12(2)24-16-8-7-14(20(22)23)9-15(16)18/h3-9,12H,10H2,1-2H3,(H,19,21). The first-order chi connectivity index (χ1) is 11.4. The molecule has 1 atom stereocenters. The second-order valence-corrected chi connectivity index (χ2v) is 5.74. The number of hydrogen-bond acceptors (Lipinski definition) is 4. The lowest BCUT2D eigenvalue weighted by atomic mass is 10.1. The molecule has 0 heterocycles. The number of nitrogens with one attached hydrogen (secondary N) is 1. The van der Waals surface area contributed by atoms with Gasteiger partial charge in [-0.1, -0.05) is 41.4 Å². The summed E-state index contributed by atoms with van der Waals surface area (Å²) in [5.41, 5.74) is 1.99. The molecule has 0 fully saturated rings. The average molecular weight is 349 g/mol. The fourth-order valence-corrected chi connectivity index (χ4v) is 2.20. The number of carbonyl (C=O) groups is 1. The maximum atomic E-state index is 12.1. The van der Waals surface area contributed by atoms with E-state index in [0.717, 1.165) is 11.1 Å². The molecule has 0 bridgehead atoms. The Bertz CT molecular complexity index is 747. The molecule has 2 rings (SSSR count). The Morgan fingerprint density at radius 3 is 2.54 bits per heavy atom. The van der Waals surface area contributed by atoms with E-state index in [1.54, 1.807) is 6.92 Å². The van der Waals surface area contributed by atoms with E-state index in [9.17, 15) is 14.9 Å². The minimum atomic E-state index is -0.783. The molecule has 0 saturated carbocycles. The van der Waals surface area contributed by atoms with Crippen LogP contribution in [-0.2, 0) is 11.3 Å². The average Bonchev–Trinajstić information content (AvgIpc) is 2.55. The largest absolute Gasteiger partial charge is 0.479 e. The van der Waals surface area contributed by atoms with Crippen LogP contribution in [-0.4, -0.2) is 16.9 Å². The SMILES string of the molecule is Cc1ccc(CNC(=O)C(C)Oc2ccc([N+](=O)[O-])cc2Cl)cc1. The zero-order chi connectivity index (χ0) is 17.7. The molecule has 0 saturated heterocycles. The first-order valence-corrected chi connectivity index (χ1v) is 7.68. The van der Waals surface area contributed by atoms with Crippen molar-refractivity contribution in [3.8, 4) is 5.75 Å². The van der Waals surface area contributed by atoms with Gasteiger partial charge in [0.1, 0.15) is 5.75 Å². The van der Waals surface area contributed by atoms with Crippen LogP contribution in [0.2, 0.25) is 5.02 Å². The number of halogens is 1. The van der Waals surface area contributed by atoms with Gasteiger partial charge in [0.15, 0.2) is 6.10 Å². The number of carbonyl (C=O) groups excluding carboxylic acids is 1. The number of rotatable bonds is 6. The topological polar surface area (TPSA) is 81.5 Å². The first kappa shape index (κ1) is 17.7. The molecule has 1 unspecified atom stereocenters. The molecule has 6 nitrogen and oxygen atoms in total. The Morgan fingerprint density at radius 2 is 1.96 bits per heavy atom. The summed E-state index contributed by atoms with van der Waals surface area (Å²) in [6, 6.07) is 11.7. The van der Waals surface area contributed by atoms with Crippen LogP contribution < -0.4 is 10.1 Å². The normalized spacial score (nSPS) is 11.6. The maximum absolute atomic E-state index is 12.1. The van der Waals surface area contributed by atoms with Crippen molar-refractivity contribution in [2.45, 2.75) is 26.5 Å². The highest BCUT2D eigenvalue weighted by Crippen LogP contribution is 2.29. The second kappa shape index (κ2) is 7.79. The van der Waals surface area contributed by atoms with Gasteiger partial charge >= 0.3 is 0 Å². The van der Waals surface area contributed by atoms with E-state index < -0.39 is 11.0 Å². The fourth-order valence-electron chi connectivity index (χ4n) is 1.98. The zero-order valence-corrected chi connectivity index (χ0v) is 14.0. The maximum Gasteiger partial charge on any atom is 0.271 e. The van der Waals surface area contributed by atoms with Crippen LogP contribution in [0.3, 0.4) is 0 Å². The highest BCUT2D eigenvalue weighted by molar-refractivity contribution is 6.32. The van der Waals surface area contributed by atoms with Gasteiger partial charge in [0.2, 0.25) is 0 Å². The van der Waals surface area contributed by atoms with Crippen LogP contribution in [0.25, 0.3) is 0 Å². The van der Waals surface area contributed by atoms with Gasteiger partial charge in [-0.2, -0.15) is 0 Å². The molecule has 24 heavy (non-hydrogen) atoms. The molecule has 0 aromatic heterocycles. The first-order valence-electron chi connectivity index (χ1n) is 7.30. The summed E-state index contributed by atoms with van der Waals surface area (Å²) < 4.78 is 5.48. The van der Waals surface area contributed by atoms with Gasteiger partial charge in [-0.05, 0) is 25.5 Å². The van der Waals surface area contributed by atoms with Crippen molar-refractivity contribution in [3.63, 3.8) is 0 Å². The Balaban J connectivity index is 1.93. The monoisotopic (exact) mass is 348 g/mol. The summed E-state index contributed by atoms with van der Waals surface area (Å²) in [4.78, 5) is 22.2. The van der Waals surface area contributed by atoms with Crippen LogP contribution in [0.5, 0.6) is 5.75 Å². The number of nitro benzene ring substituents is 1. The lowest BCUT2D eigenvalue weighted by Crippen LogP contribution is -2.35. The van der Waals surface area contributed by atoms with Gasteiger partial charge in [-0.3, -0.25) is 14.9 Å². The lowest BCUT2D eigenvalue weighted by Gasteiger charge is -2.15. The number of nitro groups is 1. The highest BCUT2D eigenvalue weighted by Gasteiger charge is 2.17. The van der Waals surface area contributed by atoms with Crippen molar-refractivity contribution >= 4 is 23.2 Å². The van der Waals surface area contributed by atoms with Gasteiger partial charge in [0.25, 0.3) is 11.6 Å². The fraction of sp³-hybridized carbons (Fsp3) is 0.235. The molecule has 0 radical (unpaired) electrons. The number of aryl methyl sites for hydroxylation is 1. The van der Waals surface area contributed by atoms with E-state index in [-0.39, 0.29) is 22.4 Å². The Hall–Kier alpha value is -2.60. The molecule has 0 aliphatic rings. The number of non-ortho nitro benzene ring substituents is 1. The van der Waals surface area contributed by atoms with E-state index in [4.69, 9.17) is 16.3 Å². The summed E-state index contributed by atoms with van der Waals surface area (Å²) in [5, 5.41) is 13.5. The van der Waals surface area contributed by atoms with Gasteiger partial charge in [0, 0.05) is 18.7 Å². The summed E-state index contributed by atoms with van der Waals surface area (Å²) in [6.45, 7) is 3.97. The Kier molecular flexibility index (Phi) is 5.76. The lowest BCUT2D eigenvalue weighted by molar-refractivity contribution is -0.384. The minimum absolute atomic E-state index is 0.0855. The third-order valence-corrected chi connectivity index (χ3v) is 3.68. The summed E-state index contributed by atoms with van der Waals surface area (Å²) in [6.07, 6.45) is -0.783. The van der Waals surface area contributed by atoms with Crippen LogP contribution in [0.4, 0.5) is 5.69 Å². The van der Waals surface area contributed by atoms with E-state index in [1.165, 1.54) is 18.2 Å². The van der Waals surface area contributed by atoms with E-state index >= 15 is 0 Å². The molecular formula is C17H17ClN2O4. The van der Waals surface area contributed by atoms with Crippen molar-refractivity contribution in [2.75, 3.05) is 0 Å². The van der Waals surface area contributed by atoms with Crippen LogP contribution in [0.15, 0.2) is 42.5 Å². The van der Waals surface area contributed by atoms with Gasteiger partial charge < -0.3 is 10.1 Å². The number of ether oxygens (including phenoxy) is 1. The molecule has 0 aliphatic carbocycles. The predicted octanol–water partition coefficient (Wildman–Crippen LogP) is 3.64. The molecule has 7 heteroatoms. The number of hydrogen-bond donors (Lipinski definition) is 1. The predicted molar refractivity (Wildman–Crippen MR) is 91.2 cm³/mol. The minimum Gasteiger partial charge on any atom is -0.479 e. The molecule has 2 aromatic rings. The Labute approximate surface area is 144 Å². The molecule has 0 aliphatic heterocycles. The summed E-state index contributed by atoms with van der Waals surface area (Å²) in [7, 11) is 0. The number of benzene rings is 2. The second-order valence-electron chi connectivity index (χ2n) is 5.34. The van der Waals surface area contributed by atoms with Crippen LogP contribution in [0.1, 0.15) is 18.1 Å². The molecule has 1 N–H and O–H groups in total. The van der Waals surface area contributed by atoms with Gasteiger partial charge in [-0.15, -0.1) is 0 Å². The van der Waals surface area contributed by atoms with Crippen molar-refractivity contribution in [2.24, 2.45) is 0 Å². The molecular weight excluding hydrogens is 332 g/mol. The van der Waals surface area contributed by atoms with Crippen LogP contribution in [0, 0.1) is 17.0 Å². The smallest absolute Gasteiger partial charge is 0.271 e. The zero-order valence-electron chi connectivity index (χ0n) is 13.3. The van der Waals surface area contributed by atoms with Crippen LogP contribution >= 0.6 is 11.6 Å². The molecule has 126 valence electrons. The molecule has 1 amide bonds. The van der Waals surface area contributed by atoms with E-state index in [2.05, 4.69) is 5.32 Å².